The molecular weight excluding hydrogens is 400 g/mol. The van der Waals surface area contributed by atoms with Crippen LogP contribution in [-0.4, -0.2) is 25.5 Å². The maximum absolute atomic E-state index is 4.88. The Morgan fingerprint density at radius 3 is 2.43 bits per heavy atom. The minimum absolute atomic E-state index is 0.472. The van der Waals surface area contributed by atoms with Crippen molar-refractivity contribution < 1.29 is 16.5 Å². The Labute approximate surface area is 104 Å². The van der Waals surface area contributed by atoms with Gasteiger partial charge in [-0.3, -0.25) is 0 Å². The predicted octanol–water partition coefficient (Wildman–Crippen LogP) is 3.67. The van der Waals surface area contributed by atoms with Gasteiger partial charge in [-0.25, -0.2) is 0 Å². The van der Waals surface area contributed by atoms with E-state index < -0.39 is 16.5 Å². The first kappa shape index (κ1) is 15.0. The van der Waals surface area contributed by atoms with Crippen molar-refractivity contribution in [1.82, 2.24) is 4.90 Å². The molecule has 0 aromatic carbocycles. The van der Waals surface area contributed by atoms with Crippen molar-refractivity contribution in [2.75, 3.05) is 20.6 Å². The average Bonchev–Trinajstić information content (AvgIpc) is 2.09. The van der Waals surface area contributed by atoms with Crippen LogP contribution >= 0.6 is 18.8 Å². The molecule has 0 aromatic rings. The molecule has 0 N–H and O–H groups in total. The molecule has 0 heterocycles. The fraction of sp³-hybridized carbons (Fsp3) is 0.800. The standard InChI is InChI=1S/C10H19N.2ClH.Pt/c1-9-6-4-5-7-10(9)8-11(2)3;;;/h10H,1,4-8H2,2-3H3;2*1H;/q;;;+2/p-2. The second kappa shape index (κ2) is 9.21. The van der Waals surface area contributed by atoms with Crippen molar-refractivity contribution in [2.45, 2.75) is 25.7 Å². The third kappa shape index (κ3) is 7.29. The number of hydrogen-bond donors (Lipinski definition) is 0. The predicted molar refractivity (Wildman–Crippen MR) is 61.4 cm³/mol. The SMILES string of the molecule is C=C1CCCCC1CN(C)C.[Cl][Pt][Cl]. The first-order chi connectivity index (χ1) is 6.61. The van der Waals surface area contributed by atoms with Crippen LogP contribution in [0.5, 0.6) is 0 Å². The molecule has 1 fully saturated rings. The summed E-state index contributed by atoms with van der Waals surface area (Å²) < 4.78 is 0. The molecule has 88 valence electrons. The molecule has 1 aliphatic carbocycles. The molecule has 0 aliphatic heterocycles. The second-order valence-electron chi connectivity index (χ2n) is 3.91. The fourth-order valence-corrected chi connectivity index (χ4v) is 1.81. The molecule has 1 rings (SSSR count). The van der Waals surface area contributed by atoms with E-state index in [2.05, 4.69) is 25.6 Å². The van der Waals surface area contributed by atoms with Gasteiger partial charge in [0.2, 0.25) is 0 Å². The van der Waals surface area contributed by atoms with Crippen LogP contribution in [0.4, 0.5) is 0 Å². The number of nitrogens with zero attached hydrogens (tertiary/aromatic N) is 1. The summed E-state index contributed by atoms with van der Waals surface area (Å²) in [6.45, 7) is 5.32. The monoisotopic (exact) mass is 418 g/mol. The molecular formula is C10H19Cl2NPt. The zero-order chi connectivity index (χ0) is 11.0. The van der Waals surface area contributed by atoms with Gasteiger partial charge in [0, 0.05) is 6.54 Å². The molecule has 0 amide bonds. The Kier molecular flexibility index (Phi) is 9.85. The summed E-state index contributed by atoms with van der Waals surface area (Å²) in [4.78, 5) is 2.27. The topological polar surface area (TPSA) is 3.24 Å². The summed E-state index contributed by atoms with van der Waals surface area (Å²) in [6, 6.07) is 0. The first-order valence-corrected chi connectivity index (χ1v) is 10.4. The van der Waals surface area contributed by atoms with E-state index in [0.717, 1.165) is 5.92 Å². The Hall–Kier alpha value is 0.968. The number of rotatable bonds is 2. The van der Waals surface area contributed by atoms with Gasteiger partial charge in [0.05, 0.1) is 0 Å². The van der Waals surface area contributed by atoms with E-state index in [1.165, 1.54) is 37.8 Å². The quantitative estimate of drug-likeness (QED) is 0.618. The van der Waals surface area contributed by atoms with E-state index in [-0.39, 0.29) is 0 Å². The van der Waals surface area contributed by atoms with Crippen LogP contribution in [-0.2, 0) is 16.5 Å². The summed E-state index contributed by atoms with van der Waals surface area (Å²) in [6.07, 6.45) is 5.38. The van der Waals surface area contributed by atoms with Gasteiger partial charge in [-0.2, -0.15) is 0 Å². The molecule has 1 nitrogen and oxygen atoms in total. The zero-order valence-electron chi connectivity index (χ0n) is 8.84. The fourth-order valence-electron chi connectivity index (χ4n) is 1.81. The molecule has 1 saturated carbocycles. The van der Waals surface area contributed by atoms with Crippen molar-refractivity contribution >= 4 is 18.8 Å². The first-order valence-electron chi connectivity index (χ1n) is 4.76. The second-order valence-corrected chi connectivity index (χ2v) is 7.19. The van der Waals surface area contributed by atoms with E-state index >= 15 is 0 Å². The average molecular weight is 419 g/mol. The van der Waals surface area contributed by atoms with Crippen LogP contribution in [0.15, 0.2) is 12.2 Å². The van der Waals surface area contributed by atoms with E-state index in [1.807, 2.05) is 0 Å². The van der Waals surface area contributed by atoms with Crippen molar-refractivity contribution in [3.63, 3.8) is 0 Å². The summed E-state index contributed by atoms with van der Waals surface area (Å²) in [5, 5.41) is 0. The molecule has 14 heavy (non-hydrogen) atoms. The summed E-state index contributed by atoms with van der Waals surface area (Å²) in [5.41, 5.74) is 1.48. The van der Waals surface area contributed by atoms with Crippen LogP contribution in [0.25, 0.3) is 0 Å². The van der Waals surface area contributed by atoms with Gasteiger partial charge in [0.15, 0.2) is 0 Å². The Morgan fingerprint density at radius 2 is 2.00 bits per heavy atom. The van der Waals surface area contributed by atoms with Gasteiger partial charge in [-0.05, 0) is 39.3 Å². The normalized spacial score (nSPS) is 22.1. The van der Waals surface area contributed by atoms with Gasteiger partial charge >= 0.3 is 35.3 Å². The summed E-state index contributed by atoms with van der Waals surface area (Å²) in [5.74, 6) is 0.777. The zero-order valence-corrected chi connectivity index (χ0v) is 12.6. The van der Waals surface area contributed by atoms with E-state index in [9.17, 15) is 0 Å². The van der Waals surface area contributed by atoms with Crippen LogP contribution in [0.1, 0.15) is 25.7 Å². The number of hydrogen-bond acceptors (Lipinski definition) is 1. The Balaban J connectivity index is 0.000000500. The molecule has 0 saturated heterocycles. The minimum atomic E-state index is -0.472. The van der Waals surface area contributed by atoms with E-state index in [4.69, 9.17) is 18.8 Å². The van der Waals surface area contributed by atoms with Crippen molar-refractivity contribution in [3.05, 3.63) is 12.2 Å². The molecule has 1 atom stereocenters. The van der Waals surface area contributed by atoms with Crippen LogP contribution in [0.3, 0.4) is 0 Å². The van der Waals surface area contributed by atoms with Crippen LogP contribution in [0, 0.1) is 5.92 Å². The van der Waals surface area contributed by atoms with Gasteiger partial charge in [-0.1, -0.05) is 18.6 Å². The van der Waals surface area contributed by atoms with Crippen molar-refractivity contribution in [2.24, 2.45) is 5.92 Å². The summed E-state index contributed by atoms with van der Waals surface area (Å²) >= 11 is -0.472. The molecule has 0 aromatic heterocycles. The summed E-state index contributed by atoms with van der Waals surface area (Å²) in [7, 11) is 14.0. The van der Waals surface area contributed by atoms with Crippen molar-refractivity contribution in [3.8, 4) is 0 Å². The molecule has 1 unspecified atom stereocenters. The van der Waals surface area contributed by atoms with Gasteiger partial charge in [-0.15, -0.1) is 0 Å². The third-order valence-corrected chi connectivity index (χ3v) is 2.46. The van der Waals surface area contributed by atoms with E-state index in [0.29, 0.717) is 0 Å². The van der Waals surface area contributed by atoms with Gasteiger partial charge in [0.1, 0.15) is 0 Å². The van der Waals surface area contributed by atoms with E-state index in [1.54, 1.807) is 0 Å². The molecule has 0 radical (unpaired) electrons. The molecule has 0 spiro atoms. The third-order valence-electron chi connectivity index (χ3n) is 2.46. The molecule has 4 heteroatoms. The molecule has 0 bridgehead atoms. The van der Waals surface area contributed by atoms with Crippen LogP contribution in [0.2, 0.25) is 0 Å². The molecule has 1 aliphatic rings. The Morgan fingerprint density at radius 1 is 1.43 bits per heavy atom. The number of halogens is 2. The van der Waals surface area contributed by atoms with Crippen molar-refractivity contribution in [1.29, 1.82) is 0 Å². The maximum atomic E-state index is 4.88. The van der Waals surface area contributed by atoms with Gasteiger partial charge < -0.3 is 4.90 Å². The Bertz CT molecular complexity index is 162. The van der Waals surface area contributed by atoms with Crippen LogP contribution < -0.4 is 0 Å². The van der Waals surface area contributed by atoms with Gasteiger partial charge in [0.25, 0.3) is 0 Å².